The molecule has 0 aliphatic carbocycles. The van der Waals surface area contributed by atoms with E-state index in [-0.39, 0.29) is 10.6 Å². The van der Waals surface area contributed by atoms with Gasteiger partial charge in [-0.25, -0.2) is 8.42 Å². The lowest BCUT2D eigenvalue weighted by molar-refractivity contribution is 0.309. The Kier molecular flexibility index (Phi) is 4.44. The fourth-order valence-corrected chi connectivity index (χ4v) is 3.49. The van der Waals surface area contributed by atoms with Crippen LogP contribution in [0.1, 0.15) is 12.8 Å². The van der Waals surface area contributed by atoms with E-state index in [0.29, 0.717) is 6.54 Å². The molecule has 0 bridgehead atoms. The summed E-state index contributed by atoms with van der Waals surface area (Å²) in [6.07, 6.45) is 2.38. The molecule has 1 aromatic carbocycles. The highest BCUT2D eigenvalue weighted by atomic mass is 32.2. The molecule has 0 spiro atoms. The number of nitrogens with zero attached hydrogens (tertiary/aromatic N) is 2. The van der Waals surface area contributed by atoms with Crippen LogP contribution < -0.4 is 0 Å². The number of rotatable bonds is 5. The number of hydrogen-bond donors (Lipinski definition) is 1. The predicted octanol–water partition coefficient (Wildman–Crippen LogP) is 1.11. The highest BCUT2D eigenvalue weighted by Gasteiger charge is 2.24. The second kappa shape index (κ2) is 5.90. The molecule has 0 aromatic heterocycles. The summed E-state index contributed by atoms with van der Waals surface area (Å²) in [5.41, 5.74) is 0. The Labute approximate surface area is 114 Å². The quantitative estimate of drug-likeness (QED) is 0.880. The second-order valence-electron chi connectivity index (χ2n) is 4.84. The monoisotopic (exact) mass is 284 g/mol. The Morgan fingerprint density at radius 1 is 1.26 bits per heavy atom. The minimum atomic E-state index is -3.60. The summed E-state index contributed by atoms with van der Waals surface area (Å²) >= 11 is 0. The van der Waals surface area contributed by atoms with Crippen LogP contribution in [0.15, 0.2) is 29.2 Å². The minimum Gasteiger partial charge on any atom is -0.507 e. The zero-order valence-corrected chi connectivity index (χ0v) is 11.9. The third-order valence-corrected chi connectivity index (χ3v) is 5.39. The molecule has 1 heterocycles. The van der Waals surface area contributed by atoms with E-state index in [2.05, 4.69) is 4.90 Å². The van der Waals surface area contributed by atoms with Crippen molar-refractivity contribution in [1.29, 1.82) is 0 Å². The largest absolute Gasteiger partial charge is 0.507 e. The van der Waals surface area contributed by atoms with Crippen molar-refractivity contribution in [2.75, 3.05) is 33.2 Å². The first-order chi connectivity index (χ1) is 9.01. The Balaban J connectivity index is 2.04. The first kappa shape index (κ1) is 14.3. The zero-order chi connectivity index (χ0) is 13.9. The van der Waals surface area contributed by atoms with Crippen molar-refractivity contribution in [2.45, 2.75) is 17.7 Å². The Morgan fingerprint density at radius 2 is 1.89 bits per heavy atom. The lowest BCUT2D eigenvalue weighted by Gasteiger charge is -2.21. The second-order valence-corrected chi connectivity index (χ2v) is 6.86. The van der Waals surface area contributed by atoms with Crippen LogP contribution in [-0.4, -0.2) is 56.0 Å². The van der Waals surface area contributed by atoms with E-state index in [1.165, 1.54) is 29.3 Å². The standard InChI is InChI=1S/C13H20N2O3S/c1-14(10-11-15-8-4-5-9-15)19(17,18)13-7-3-2-6-12(13)16/h2-3,6-7,16H,4-5,8-11H2,1H3. The SMILES string of the molecule is CN(CCN1CCCC1)S(=O)(=O)c1ccccc1O. The molecule has 1 N–H and O–H groups in total. The van der Waals surface area contributed by atoms with E-state index in [0.717, 1.165) is 19.6 Å². The van der Waals surface area contributed by atoms with Crippen LogP contribution in [-0.2, 0) is 10.0 Å². The third-order valence-electron chi connectivity index (χ3n) is 3.48. The van der Waals surface area contributed by atoms with Gasteiger partial charge in [0.25, 0.3) is 0 Å². The van der Waals surface area contributed by atoms with Crippen LogP contribution in [0, 0.1) is 0 Å². The van der Waals surface area contributed by atoms with Crippen molar-refractivity contribution in [1.82, 2.24) is 9.21 Å². The van der Waals surface area contributed by atoms with Crippen molar-refractivity contribution >= 4 is 10.0 Å². The lowest BCUT2D eigenvalue weighted by atomic mass is 10.3. The van der Waals surface area contributed by atoms with Gasteiger partial charge in [0.2, 0.25) is 10.0 Å². The van der Waals surface area contributed by atoms with E-state index in [1.807, 2.05) is 0 Å². The lowest BCUT2D eigenvalue weighted by Crippen LogP contribution is -2.35. The van der Waals surface area contributed by atoms with Gasteiger partial charge in [0, 0.05) is 20.1 Å². The van der Waals surface area contributed by atoms with E-state index >= 15 is 0 Å². The highest BCUT2D eigenvalue weighted by molar-refractivity contribution is 7.89. The van der Waals surface area contributed by atoms with E-state index in [9.17, 15) is 13.5 Å². The summed E-state index contributed by atoms with van der Waals surface area (Å²) in [7, 11) is -2.05. The van der Waals surface area contributed by atoms with Crippen molar-refractivity contribution in [3.8, 4) is 5.75 Å². The fourth-order valence-electron chi connectivity index (χ4n) is 2.25. The summed E-state index contributed by atoms with van der Waals surface area (Å²) in [6.45, 7) is 3.27. The average molecular weight is 284 g/mol. The predicted molar refractivity (Wildman–Crippen MR) is 73.6 cm³/mol. The molecule has 5 nitrogen and oxygen atoms in total. The summed E-state index contributed by atoms with van der Waals surface area (Å²) in [4.78, 5) is 2.23. The number of likely N-dealkylation sites (tertiary alicyclic amines) is 1. The Hall–Kier alpha value is -1.11. The molecule has 1 aromatic rings. The molecule has 0 atom stereocenters. The molecular weight excluding hydrogens is 264 g/mol. The summed E-state index contributed by atoms with van der Waals surface area (Å²) in [5.74, 6) is -0.199. The summed E-state index contributed by atoms with van der Waals surface area (Å²) in [6, 6.07) is 6.04. The number of sulfonamides is 1. The number of phenolic OH excluding ortho intramolecular Hbond substituents is 1. The molecule has 19 heavy (non-hydrogen) atoms. The molecule has 0 saturated carbocycles. The smallest absolute Gasteiger partial charge is 0.246 e. The molecule has 1 saturated heterocycles. The molecule has 0 radical (unpaired) electrons. The van der Waals surface area contributed by atoms with Crippen molar-refractivity contribution in [2.24, 2.45) is 0 Å². The van der Waals surface area contributed by atoms with Crippen LogP contribution in [0.5, 0.6) is 5.75 Å². The third kappa shape index (κ3) is 3.26. The first-order valence-corrected chi connectivity index (χ1v) is 7.92. The molecule has 0 amide bonds. The number of hydrogen-bond acceptors (Lipinski definition) is 4. The fraction of sp³-hybridized carbons (Fsp3) is 0.538. The van der Waals surface area contributed by atoms with E-state index in [4.69, 9.17) is 0 Å². The maximum atomic E-state index is 12.3. The van der Waals surface area contributed by atoms with Gasteiger partial charge < -0.3 is 10.0 Å². The van der Waals surface area contributed by atoms with Crippen molar-refractivity contribution in [3.63, 3.8) is 0 Å². The van der Waals surface area contributed by atoms with Gasteiger partial charge in [0.1, 0.15) is 10.6 Å². The Morgan fingerprint density at radius 3 is 2.53 bits per heavy atom. The molecular formula is C13H20N2O3S. The van der Waals surface area contributed by atoms with Crippen LogP contribution >= 0.6 is 0 Å². The van der Waals surface area contributed by atoms with Gasteiger partial charge in [-0.15, -0.1) is 0 Å². The topological polar surface area (TPSA) is 60.9 Å². The zero-order valence-electron chi connectivity index (χ0n) is 11.1. The van der Waals surface area contributed by atoms with Crippen LogP contribution in [0.2, 0.25) is 0 Å². The van der Waals surface area contributed by atoms with Crippen LogP contribution in [0.4, 0.5) is 0 Å². The van der Waals surface area contributed by atoms with Gasteiger partial charge in [-0.3, -0.25) is 0 Å². The number of likely N-dealkylation sites (N-methyl/N-ethyl adjacent to an activating group) is 1. The summed E-state index contributed by atoms with van der Waals surface area (Å²) in [5, 5.41) is 9.66. The molecule has 106 valence electrons. The van der Waals surface area contributed by atoms with Crippen molar-refractivity contribution < 1.29 is 13.5 Å². The number of aromatic hydroxyl groups is 1. The molecule has 6 heteroatoms. The van der Waals surface area contributed by atoms with E-state index in [1.54, 1.807) is 19.2 Å². The normalized spacial score (nSPS) is 17.2. The van der Waals surface area contributed by atoms with Gasteiger partial charge in [-0.1, -0.05) is 12.1 Å². The summed E-state index contributed by atoms with van der Waals surface area (Å²) < 4.78 is 25.9. The molecule has 1 fully saturated rings. The minimum absolute atomic E-state index is 0.0288. The Bertz CT molecular complexity index is 524. The molecule has 1 aliphatic heterocycles. The van der Waals surface area contributed by atoms with Crippen LogP contribution in [0.25, 0.3) is 0 Å². The molecule has 0 unspecified atom stereocenters. The van der Waals surface area contributed by atoms with Gasteiger partial charge in [0.15, 0.2) is 0 Å². The van der Waals surface area contributed by atoms with Gasteiger partial charge in [-0.2, -0.15) is 4.31 Å². The van der Waals surface area contributed by atoms with Crippen molar-refractivity contribution in [3.05, 3.63) is 24.3 Å². The molecule has 2 rings (SSSR count). The average Bonchev–Trinajstić information content (AvgIpc) is 2.89. The number of benzene rings is 1. The maximum absolute atomic E-state index is 12.3. The first-order valence-electron chi connectivity index (χ1n) is 6.48. The number of phenols is 1. The highest BCUT2D eigenvalue weighted by Crippen LogP contribution is 2.24. The van der Waals surface area contributed by atoms with Gasteiger partial charge in [0.05, 0.1) is 0 Å². The van der Waals surface area contributed by atoms with E-state index < -0.39 is 10.0 Å². The van der Waals surface area contributed by atoms with Crippen LogP contribution in [0.3, 0.4) is 0 Å². The van der Waals surface area contributed by atoms with Gasteiger partial charge in [-0.05, 0) is 38.1 Å². The molecule has 1 aliphatic rings. The van der Waals surface area contributed by atoms with Gasteiger partial charge >= 0.3 is 0 Å². The number of para-hydroxylation sites is 1. The maximum Gasteiger partial charge on any atom is 0.246 e.